The highest BCUT2D eigenvalue weighted by Crippen LogP contribution is 2.32. The van der Waals surface area contributed by atoms with Gasteiger partial charge in [0.1, 0.15) is 0 Å². The number of benzene rings is 1. The number of hydrogen-bond donors (Lipinski definition) is 2. The first-order valence-electron chi connectivity index (χ1n) is 9.34. The van der Waals surface area contributed by atoms with Crippen molar-refractivity contribution in [2.24, 2.45) is 4.99 Å². The number of guanidine groups is 1. The molecule has 4 rings (SSSR count). The third-order valence-electron chi connectivity index (χ3n) is 4.71. The fourth-order valence-corrected chi connectivity index (χ4v) is 4.14. The Kier molecular flexibility index (Phi) is 5.62. The molecular weight excluding hydrogens is 362 g/mol. The average molecular weight is 388 g/mol. The van der Waals surface area contributed by atoms with E-state index >= 15 is 0 Å². The molecule has 8 heteroatoms. The minimum atomic E-state index is 0.297. The summed E-state index contributed by atoms with van der Waals surface area (Å²) in [6, 6.07) is 5.97. The largest absolute Gasteiger partial charge is 0.454 e. The normalized spacial score (nSPS) is 16.0. The first-order chi connectivity index (χ1) is 13.3. The quantitative estimate of drug-likeness (QED) is 0.586. The minimum absolute atomic E-state index is 0.297. The highest BCUT2D eigenvalue weighted by molar-refractivity contribution is 7.13. The average Bonchev–Trinajstić information content (AvgIpc) is 3.45. The molecule has 2 aliphatic rings. The number of thiazole rings is 1. The van der Waals surface area contributed by atoms with Gasteiger partial charge in [-0.1, -0.05) is 6.07 Å². The second-order valence-corrected chi connectivity index (χ2v) is 7.44. The number of anilines is 1. The van der Waals surface area contributed by atoms with Gasteiger partial charge in [-0.05, 0) is 30.5 Å². The van der Waals surface area contributed by atoms with Crippen LogP contribution in [0.5, 0.6) is 11.5 Å². The molecule has 0 unspecified atom stereocenters. The number of rotatable bonds is 6. The molecule has 1 aromatic heterocycles. The van der Waals surface area contributed by atoms with Gasteiger partial charge in [-0.3, -0.25) is 4.99 Å². The van der Waals surface area contributed by atoms with Crippen LogP contribution < -0.4 is 25.0 Å². The van der Waals surface area contributed by atoms with E-state index in [4.69, 9.17) is 14.5 Å². The number of aromatic nitrogens is 1. The minimum Gasteiger partial charge on any atom is -0.454 e. The van der Waals surface area contributed by atoms with Crippen LogP contribution in [-0.2, 0) is 13.0 Å². The van der Waals surface area contributed by atoms with E-state index in [0.717, 1.165) is 59.9 Å². The van der Waals surface area contributed by atoms with E-state index in [9.17, 15) is 0 Å². The van der Waals surface area contributed by atoms with Crippen LogP contribution in [0.3, 0.4) is 0 Å². The van der Waals surface area contributed by atoms with Crippen molar-refractivity contribution in [2.75, 3.05) is 38.4 Å². The summed E-state index contributed by atoms with van der Waals surface area (Å²) in [5.74, 6) is 2.38. The van der Waals surface area contributed by atoms with Crippen LogP contribution in [0.1, 0.15) is 24.1 Å². The van der Waals surface area contributed by atoms with Crippen LogP contribution in [0.15, 0.2) is 28.6 Å². The van der Waals surface area contributed by atoms with Crippen molar-refractivity contribution in [1.29, 1.82) is 0 Å². The van der Waals surface area contributed by atoms with Crippen molar-refractivity contribution < 1.29 is 9.47 Å². The van der Waals surface area contributed by atoms with Crippen LogP contribution in [0, 0.1) is 0 Å². The lowest BCUT2D eigenvalue weighted by molar-refractivity contribution is 0.174. The summed E-state index contributed by atoms with van der Waals surface area (Å²) in [4.78, 5) is 11.4. The summed E-state index contributed by atoms with van der Waals surface area (Å²) in [6.45, 7) is 4.05. The Hall–Kier alpha value is -2.48. The maximum Gasteiger partial charge on any atom is 0.231 e. The third-order valence-corrected chi connectivity index (χ3v) is 5.66. The molecule has 3 heterocycles. The number of fused-ring (bicyclic) bond motifs is 1. The second-order valence-electron chi connectivity index (χ2n) is 6.61. The van der Waals surface area contributed by atoms with Crippen LogP contribution in [0.25, 0.3) is 0 Å². The van der Waals surface area contributed by atoms with Gasteiger partial charge in [-0.25, -0.2) is 4.98 Å². The van der Waals surface area contributed by atoms with Crippen LogP contribution >= 0.6 is 11.3 Å². The van der Waals surface area contributed by atoms with E-state index in [-0.39, 0.29) is 0 Å². The molecule has 0 spiro atoms. The van der Waals surface area contributed by atoms with Crippen molar-refractivity contribution in [3.8, 4) is 11.5 Å². The van der Waals surface area contributed by atoms with E-state index in [1.807, 2.05) is 18.2 Å². The fraction of sp³-hybridized carbons (Fsp3) is 0.474. The molecule has 0 aliphatic carbocycles. The Morgan fingerprint density at radius 2 is 2.07 bits per heavy atom. The molecule has 1 fully saturated rings. The van der Waals surface area contributed by atoms with Crippen molar-refractivity contribution in [2.45, 2.75) is 25.8 Å². The van der Waals surface area contributed by atoms with Gasteiger partial charge in [0, 0.05) is 45.0 Å². The lowest BCUT2D eigenvalue weighted by atomic mass is 10.2. The molecule has 2 aliphatic heterocycles. The van der Waals surface area contributed by atoms with E-state index in [0.29, 0.717) is 13.3 Å². The van der Waals surface area contributed by atoms with Gasteiger partial charge < -0.3 is 25.0 Å². The number of ether oxygens (including phenoxy) is 2. The Morgan fingerprint density at radius 1 is 1.22 bits per heavy atom. The van der Waals surface area contributed by atoms with Crippen molar-refractivity contribution in [3.05, 3.63) is 34.8 Å². The zero-order valence-electron chi connectivity index (χ0n) is 15.5. The number of nitrogens with zero attached hydrogens (tertiary/aromatic N) is 3. The van der Waals surface area contributed by atoms with Crippen molar-refractivity contribution in [1.82, 2.24) is 15.6 Å². The van der Waals surface area contributed by atoms with Crippen molar-refractivity contribution >= 4 is 22.4 Å². The van der Waals surface area contributed by atoms with Gasteiger partial charge in [0.25, 0.3) is 0 Å². The highest BCUT2D eigenvalue weighted by atomic mass is 32.1. The molecule has 1 aromatic carbocycles. The third kappa shape index (κ3) is 4.44. The maximum atomic E-state index is 5.42. The molecule has 0 saturated carbocycles. The molecule has 0 amide bonds. The zero-order chi connectivity index (χ0) is 18.5. The van der Waals surface area contributed by atoms with Gasteiger partial charge >= 0.3 is 0 Å². The van der Waals surface area contributed by atoms with Gasteiger partial charge in [0.15, 0.2) is 22.6 Å². The summed E-state index contributed by atoms with van der Waals surface area (Å²) in [6.07, 6.45) is 3.44. The molecule has 7 nitrogen and oxygen atoms in total. The lowest BCUT2D eigenvalue weighted by Gasteiger charge is -2.13. The lowest BCUT2D eigenvalue weighted by Crippen LogP contribution is -2.37. The Morgan fingerprint density at radius 3 is 2.93 bits per heavy atom. The molecule has 144 valence electrons. The molecule has 27 heavy (non-hydrogen) atoms. The van der Waals surface area contributed by atoms with Gasteiger partial charge in [0.05, 0.1) is 5.69 Å². The molecular formula is C19H25N5O2S. The number of aliphatic imine (C=N–C) groups is 1. The Balaban J connectivity index is 1.22. The molecule has 0 bridgehead atoms. The molecule has 0 atom stereocenters. The van der Waals surface area contributed by atoms with Crippen LogP contribution in [0.4, 0.5) is 5.13 Å². The fourth-order valence-electron chi connectivity index (χ4n) is 3.23. The van der Waals surface area contributed by atoms with Gasteiger partial charge in [0.2, 0.25) is 6.79 Å². The Bertz CT molecular complexity index is 801. The SMILES string of the molecule is CN=C(NCCc1csc(N2CCCC2)n1)NCc1ccc2c(c1)OCO2. The summed E-state index contributed by atoms with van der Waals surface area (Å²) in [5, 5.41) is 10.0. The first-order valence-corrected chi connectivity index (χ1v) is 10.2. The molecule has 0 radical (unpaired) electrons. The second kappa shape index (κ2) is 8.47. The standard InChI is InChI=1S/C19H25N5O2S/c1-20-18(22-11-14-4-5-16-17(10-14)26-13-25-16)21-7-6-15-12-27-19(23-15)24-8-2-3-9-24/h4-5,10,12H,2-3,6-9,11,13H2,1H3,(H2,20,21,22). The highest BCUT2D eigenvalue weighted by Gasteiger charge is 2.16. The van der Waals surface area contributed by atoms with Crippen molar-refractivity contribution in [3.63, 3.8) is 0 Å². The predicted octanol–water partition coefficient (Wildman–Crippen LogP) is 2.38. The van der Waals surface area contributed by atoms with Crippen LogP contribution in [0.2, 0.25) is 0 Å². The van der Waals surface area contributed by atoms with E-state index in [2.05, 4.69) is 25.9 Å². The molecule has 2 N–H and O–H groups in total. The predicted molar refractivity (Wildman–Crippen MR) is 108 cm³/mol. The van der Waals surface area contributed by atoms with E-state index in [1.165, 1.54) is 12.8 Å². The van der Waals surface area contributed by atoms with Crippen LogP contribution in [-0.4, -0.2) is 44.4 Å². The topological polar surface area (TPSA) is 71.0 Å². The van der Waals surface area contributed by atoms with Gasteiger partial charge in [-0.2, -0.15) is 0 Å². The summed E-state index contributed by atoms with van der Waals surface area (Å²) in [5.41, 5.74) is 2.26. The maximum absolute atomic E-state index is 5.42. The summed E-state index contributed by atoms with van der Waals surface area (Å²) >= 11 is 1.75. The summed E-state index contributed by atoms with van der Waals surface area (Å²) in [7, 11) is 1.78. The summed E-state index contributed by atoms with van der Waals surface area (Å²) < 4.78 is 10.8. The van der Waals surface area contributed by atoms with E-state index in [1.54, 1.807) is 18.4 Å². The number of nitrogens with one attached hydrogen (secondary N) is 2. The Labute approximate surface area is 163 Å². The monoisotopic (exact) mass is 387 g/mol. The molecule has 2 aromatic rings. The van der Waals surface area contributed by atoms with Gasteiger partial charge in [-0.15, -0.1) is 11.3 Å². The number of hydrogen-bond acceptors (Lipinski definition) is 6. The van der Waals surface area contributed by atoms with E-state index < -0.39 is 0 Å². The molecule has 1 saturated heterocycles. The first kappa shape index (κ1) is 17.9. The smallest absolute Gasteiger partial charge is 0.231 e. The zero-order valence-corrected chi connectivity index (χ0v) is 16.3.